The highest BCUT2D eigenvalue weighted by atomic mass is 16.2. The first-order valence-electron chi connectivity index (χ1n) is 6.76. The molecule has 1 aromatic rings. The zero-order chi connectivity index (χ0) is 14.4. The van der Waals surface area contributed by atoms with Gasteiger partial charge in [-0.05, 0) is 30.9 Å². The number of carbonyl (C=O) groups is 1. The van der Waals surface area contributed by atoms with Crippen LogP contribution in [0.4, 0.5) is 0 Å². The quantitative estimate of drug-likeness (QED) is 0.853. The van der Waals surface area contributed by atoms with Gasteiger partial charge in [0.1, 0.15) is 0 Å². The highest BCUT2D eigenvalue weighted by molar-refractivity contribution is 5.81. The monoisotopic (exact) mass is 263 g/mol. The Kier molecular flexibility index (Phi) is 5.96. The van der Waals surface area contributed by atoms with Gasteiger partial charge in [0.15, 0.2) is 0 Å². The van der Waals surface area contributed by atoms with Gasteiger partial charge in [0, 0.05) is 32.5 Å². The highest BCUT2D eigenvalue weighted by Gasteiger charge is 2.20. The van der Waals surface area contributed by atoms with E-state index in [-0.39, 0.29) is 11.9 Å². The second-order valence-corrected chi connectivity index (χ2v) is 5.60. The summed E-state index contributed by atoms with van der Waals surface area (Å²) in [6.45, 7) is 6.90. The molecule has 0 radical (unpaired) electrons. The zero-order valence-corrected chi connectivity index (χ0v) is 12.6. The van der Waals surface area contributed by atoms with E-state index in [9.17, 15) is 4.79 Å². The molecule has 1 rings (SSSR count). The van der Waals surface area contributed by atoms with Crippen molar-refractivity contribution in [1.29, 1.82) is 0 Å². The summed E-state index contributed by atoms with van der Waals surface area (Å²) in [6.07, 6.45) is 2.70. The molecular formula is C15H25N3O. The molecule has 4 nitrogen and oxygen atoms in total. The van der Waals surface area contributed by atoms with Crippen molar-refractivity contribution in [2.75, 3.05) is 14.1 Å². The van der Waals surface area contributed by atoms with Crippen molar-refractivity contribution >= 4 is 5.91 Å². The van der Waals surface area contributed by atoms with Gasteiger partial charge < -0.3 is 10.2 Å². The third-order valence-electron chi connectivity index (χ3n) is 2.97. The molecule has 19 heavy (non-hydrogen) atoms. The van der Waals surface area contributed by atoms with Crippen molar-refractivity contribution in [1.82, 2.24) is 15.2 Å². The van der Waals surface area contributed by atoms with E-state index >= 15 is 0 Å². The predicted octanol–water partition coefficient (Wildman–Crippen LogP) is 1.98. The minimum Gasteiger partial charge on any atom is -0.347 e. The lowest BCUT2D eigenvalue weighted by molar-refractivity contribution is -0.131. The fourth-order valence-corrected chi connectivity index (χ4v) is 1.90. The summed E-state index contributed by atoms with van der Waals surface area (Å²) < 4.78 is 0. The number of aryl methyl sites for hydroxylation is 1. The normalized spacial score (nSPS) is 12.5. The van der Waals surface area contributed by atoms with E-state index < -0.39 is 0 Å². The second kappa shape index (κ2) is 7.24. The van der Waals surface area contributed by atoms with Crippen LogP contribution in [0.5, 0.6) is 0 Å². The molecule has 0 saturated carbocycles. The Labute approximate surface area is 116 Å². The molecule has 1 aromatic heterocycles. The predicted molar refractivity (Wildman–Crippen MR) is 77.8 cm³/mol. The Hall–Kier alpha value is -1.42. The summed E-state index contributed by atoms with van der Waals surface area (Å²) >= 11 is 0. The van der Waals surface area contributed by atoms with Gasteiger partial charge in [0.25, 0.3) is 0 Å². The van der Waals surface area contributed by atoms with Crippen molar-refractivity contribution in [3.63, 3.8) is 0 Å². The van der Waals surface area contributed by atoms with E-state index in [2.05, 4.69) is 24.1 Å². The number of hydrogen-bond acceptors (Lipinski definition) is 3. The molecule has 0 aliphatic carbocycles. The fourth-order valence-electron chi connectivity index (χ4n) is 1.90. The van der Waals surface area contributed by atoms with Gasteiger partial charge in [0.2, 0.25) is 5.91 Å². The number of hydrogen-bond donors (Lipinski definition) is 1. The molecule has 106 valence electrons. The Morgan fingerprint density at radius 3 is 2.53 bits per heavy atom. The van der Waals surface area contributed by atoms with Gasteiger partial charge in [0.05, 0.1) is 6.04 Å². The van der Waals surface area contributed by atoms with E-state index in [1.807, 2.05) is 25.3 Å². The third-order valence-corrected chi connectivity index (χ3v) is 2.97. The van der Waals surface area contributed by atoms with Crippen LogP contribution in [0.2, 0.25) is 0 Å². The number of nitrogens with one attached hydrogen (secondary N) is 1. The molecule has 4 heteroatoms. The molecular weight excluding hydrogens is 238 g/mol. The van der Waals surface area contributed by atoms with Crippen LogP contribution >= 0.6 is 0 Å². The van der Waals surface area contributed by atoms with Crippen LogP contribution in [0.15, 0.2) is 18.3 Å². The summed E-state index contributed by atoms with van der Waals surface area (Å²) in [7, 11) is 3.59. The number of nitrogens with zero attached hydrogens (tertiary/aromatic N) is 2. The smallest absolute Gasteiger partial charge is 0.239 e. The van der Waals surface area contributed by atoms with Crippen molar-refractivity contribution in [2.45, 2.75) is 39.8 Å². The first kappa shape index (κ1) is 15.6. The Morgan fingerprint density at radius 2 is 2.05 bits per heavy atom. The van der Waals surface area contributed by atoms with Crippen LogP contribution < -0.4 is 5.32 Å². The maximum absolute atomic E-state index is 12.1. The van der Waals surface area contributed by atoms with Crippen molar-refractivity contribution in [3.05, 3.63) is 29.6 Å². The fraction of sp³-hybridized carbons (Fsp3) is 0.600. The van der Waals surface area contributed by atoms with Gasteiger partial charge >= 0.3 is 0 Å². The number of likely N-dealkylation sites (N-methyl/N-ethyl adjacent to an activating group) is 1. The number of pyridine rings is 1. The van der Waals surface area contributed by atoms with Crippen LogP contribution in [-0.4, -0.2) is 35.9 Å². The van der Waals surface area contributed by atoms with E-state index in [1.54, 1.807) is 19.0 Å². The maximum atomic E-state index is 12.1. The molecule has 1 amide bonds. The van der Waals surface area contributed by atoms with E-state index in [1.165, 1.54) is 0 Å². The molecule has 0 aromatic carbocycles. The van der Waals surface area contributed by atoms with Gasteiger partial charge in [-0.15, -0.1) is 0 Å². The summed E-state index contributed by atoms with van der Waals surface area (Å²) in [5.41, 5.74) is 2.11. The minimum atomic E-state index is -0.128. The van der Waals surface area contributed by atoms with Gasteiger partial charge in [-0.2, -0.15) is 0 Å². The van der Waals surface area contributed by atoms with Crippen LogP contribution in [0.1, 0.15) is 31.5 Å². The van der Waals surface area contributed by atoms with E-state index in [0.29, 0.717) is 12.5 Å². The Bertz CT molecular complexity index is 398. The topological polar surface area (TPSA) is 45.2 Å². The first-order chi connectivity index (χ1) is 8.90. The lowest BCUT2D eigenvalue weighted by Gasteiger charge is -2.23. The highest BCUT2D eigenvalue weighted by Crippen LogP contribution is 2.08. The lowest BCUT2D eigenvalue weighted by Crippen LogP contribution is -2.44. The largest absolute Gasteiger partial charge is 0.347 e. The van der Waals surface area contributed by atoms with Gasteiger partial charge in [-0.1, -0.05) is 19.9 Å². The minimum absolute atomic E-state index is 0.128. The molecule has 1 unspecified atom stereocenters. The summed E-state index contributed by atoms with van der Waals surface area (Å²) in [5, 5.41) is 3.34. The number of carbonyl (C=O) groups excluding carboxylic acids is 1. The third kappa shape index (κ3) is 5.39. The standard InChI is InChI=1S/C15H25N3O/c1-11(2)8-14(15(19)18(4)5)17-10-13-7-6-12(3)16-9-13/h6-7,9,11,14,17H,8,10H2,1-5H3. The molecule has 0 aliphatic heterocycles. The number of amides is 1. The summed E-state index contributed by atoms with van der Waals surface area (Å²) in [5.74, 6) is 0.617. The number of aromatic nitrogens is 1. The summed E-state index contributed by atoms with van der Waals surface area (Å²) in [6, 6.07) is 3.90. The molecule has 0 aliphatic rings. The van der Waals surface area contributed by atoms with E-state index in [4.69, 9.17) is 0 Å². The van der Waals surface area contributed by atoms with Gasteiger partial charge in [-0.25, -0.2) is 0 Å². The average molecular weight is 263 g/mol. The van der Waals surface area contributed by atoms with Crippen molar-refractivity contribution < 1.29 is 4.79 Å². The van der Waals surface area contributed by atoms with E-state index in [0.717, 1.165) is 17.7 Å². The summed E-state index contributed by atoms with van der Waals surface area (Å²) in [4.78, 5) is 18.0. The molecule has 1 heterocycles. The van der Waals surface area contributed by atoms with Crippen LogP contribution in [0, 0.1) is 12.8 Å². The second-order valence-electron chi connectivity index (χ2n) is 5.60. The first-order valence-corrected chi connectivity index (χ1v) is 6.76. The maximum Gasteiger partial charge on any atom is 0.239 e. The van der Waals surface area contributed by atoms with Gasteiger partial charge in [-0.3, -0.25) is 9.78 Å². The van der Waals surface area contributed by atoms with Crippen molar-refractivity contribution in [3.8, 4) is 0 Å². The Morgan fingerprint density at radius 1 is 1.37 bits per heavy atom. The SMILES string of the molecule is Cc1ccc(CNC(CC(C)C)C(=O)N(C)C)cn1. The number of rotatable bonds is 6. The molecule has 0 saturated heterocycles. The van der Waals surface area contributed by atoms with Crippen LogP contribution in [-0.2, 0) is 11.3 Å². The molecule has 0 fully saturated rings. The van der Waals surface area contributed by atoms with Crippen LogP contribution in [0.3, 0.4) is 0 Å². The molecule has 0 spiro atoms. The molecule has 0 bridgehead atoms. The zero-order valence-electron chi connectivity index (χ0n) is 12.6. The molecule has 1 N–H and O–H groups in total. The van der Waals surface area contributed by atoms with Crippen molar-refractivity contribution in [2.24, 2.45) is 5.92 Å². The molecule has 1 atom stereocenters. The Balaban J connectivity index is 2.62. The average Bonchev–Trinajstić information content (AvgIpc) is 2.35. The lowest BCUT2D eigenvalue weighted by atomic mass is 10.0. The van der Waals surface area contributed by atoms with Crippen LogP contribution in [0.25, 0.3) is 0 Å².